The number of primary amides is 1. The van der Waals surface area contributed by atoms with Crippen LogP contribution >= 0.6 is 11.6 Å². The lowest BCUT2D eigenvalue weighted by Gasteiger charge is -2.26. The number of nitrogens with zero attached hydrogens (tertiary/aromatic N) is 1. The van der Waals surface area contributed by atoms with Crippen molar-refractivity contribution in [3.8, 4) is 0 Å². The van der Waals surface area contributed by atoms with Gasteiger partial charge in [-0.05, 0) is 35.4 Å². The molecule has 4 N–H and O–H groups in total. The lowest BCUT2D eigenvalue weighted by Crippen LogP contribution is -2.40. The van der Waals surface area contributed by atoms with Gasteiger partial charge >= 0.3 is 6.03 Å². The zero-order valence-corrected chi connectivity index (χ0v) is 18.9. The van der Waals surface area contributed by atoms with E-state index in [1.807, 2.05) is 0 Å². The van der Waals surface area contributed by atoms with Gasteiger partial charge in [0.15, 0.2) is 0 Å². The van der Waals surface area contributed by atoms with Gasteiger partial charge in [-0.3, -0.25) is 4.79 Å². The maximum Gasteiger partial charge on any atom is 0.312 e. The summed E-state index contributed by atoms with van der Waals surface area (Å²) in [6.45, 7) is 1.62. The number of amides is 3. The summed E-state index contributed by atoms with van der Waals surface area (Å²) in [7, 11) is -3.57. The molecule has 2 aromatic rings. The largest absolute Gasteiger partial charge is 0.379 e. The van der Waals surface area contributed by atoms with Gasteiger partial charge < -0.3 is 21.1 Å². The average molecular weight is 481 g/mol. The number of nitrogens with two attached hydrogens (primary N) is 1. The van der Waals surface area contributed by atoms with E-state index in [4.69, 9.17) is 22.1 Å². The predicted molar refractivity (Wildman–Crippen MR) is 119 cm³/mol. The van der Waals surface area contributed by atoms with Gasteiger partial charge in [0.25, 0.3) is 0 Å². The summed E-state index contributed by atoms with van der Waals surface area (Å²) >= 11 is 5.89. The van der Waals surface area contributed by atoms with E-state index in [0.29, 0.717) is 36.9 Å². The van der Waals surface area contributed by atoms with Crippen molar-refractivity contribution < 1.29 is 22.7 Å². The van der Waals surface area contributed by atoms with Crippen LogP contribution in [0.1, 0.15) is 23.6 Å². The minimum Gasteiger partial charge on any atom is -0.379 e. The van der Waals surface area contributed by atoms with Crippen molar-refractivity contribution >= 4 is 33.6 Å². The minimum absolute atomic E-state index is 0.0198. The van der Waals surface area contributed by atoms with Crippen LogP contribution in [0, 0.1) is 0 Å². The molecule has 0 spiro atoms. The average Bonchev–Trinajstić information content (AvgIpc) is 2.78. The molecule has 1 atom stereocenters. The smallest absolute Gasteiger partial charge is 0.312 e. The van der Waals surface area contributed by atoms with Gasteiger partial charge in [0.1, 0.15) is 0 Å². The van der Waals surface area contributed by atoms with Crippen molar-refractivity contribution in [2.75, 3.05) is 26.3 Å². The Kier molecular flexibility index (Phi) is 8.08. The molecule has 0 radical (unpaired) electrons. The number of ether oxygens (including phenoxy) is 1. The number of rotatable bonds is 8. The fourth-order valence-electron chi connectivity index (χ4n) is 3.29. The molecular formula is C21H25ClN4O5S. The number of benzene rings is 2. The quantitative estimate of drug-likeness (QED) is 0.530. The number of urea groups is 1. The SMILES string of the molecule is NC(=O)NC(CC(=O)NCc1ccc(S(=O)(=O)N2CCOCC2)cc1)c1ccc(Cl)cc1. The van der Waals surface area contributed by atoms with E-state index < -0.39 is 22.1 Å². The minimum atomic E-state index is -3.57. The van der Waals surface area contributed by atoms with Gasteiger partial charge in [0, 0.05) is 24.7 Å². The fraction of sp³-hybridized carbons (Fsp3) is 0.333. The normalized spacial score (nSPS) is 15.7. The number of carbonyl (C=O) groups is 2. The van der Waals surface area contributed by atoms with Crippen LogP contribution in [0.5, 0.6) is 0 Å². The van der Waals surface area contributed by atoms with Crippen molar-refractivity contribution in [3.63, 3.8) is 0 Å². The summed E-state index contributed by atoms with van der Waals surface area (Å²) < 4.78 is 32.0. The summed E-state index contributed by atoms with van der Waals surface area (Å²) in [6, 6.07) is 11.8. The molecule has 0 bridgehead atoms. The van der Waals surface area contributed by atoms with E-state index in [9.17, 15) is 18.0 Å². The topological polar surface area (TPSA) is 131 Å². The molecule has 0 aliphatic carbocycles. The van der Waals surface area contributed by atoms with E-state index in [2.05, 4.69) is 10.6 Å². The molecule has 1 aliphatic heterocycles. The van der Waals surface area contributed by atoms with Crippen LogP contribution in [0.25, 0.3) is 0 Å². The summed E-state index contributed by atoms with van der Waals surface area (Å²) in [4.78, 5) is 24.0. The Morgan fingerprint density at radius 1 is 1.06 bits per heavy atom. The molecule has 3 rings (SSSR count). The highest BCUT2D eigenvalue weighted by atomic mass is 35.5. The molecule has 1 fully saturated rings. The van der Waals surface area contributed by atoms with E-state index in [1.165, 1.54) is 16.4 Å². The highest BCUT2D eigenvalue weighted by molar-refractivity contribution is 7.89. The maximum absolute atomic E-state index is 12.7. The summed E-state index contributed by atoms with van der Waals surface area (Å²) in [5.41, 5.74) is 6.67. The highest BCUT2D eigenvalue weighted by Crippen LogP contribution is 2.20. The molecule has 1 aliphatic rings. The third-order valence-corrected chi connectivity index (χ3v) is 7.16. The lowest BCUT2D eigenvalue weighted by molar-refractivity contribution is -0.121. The molecule has 172 valence electrons. The molecular weight excluding hydrogens is 456 g/mol. The Morgan fingerprint density at radius 2 is 1.69 bits per heavy atom. The van der Waals surface area contributed by atoms with Crippen molar-refractivity contribution in [3.05, 3.63) is 64.7 Å². The van der Waals surface area contributed by atoms with Gasteiger partial charge in [-0.2, -0.15) is 4.31 Å². The Hall–Kier alpha value is -2.66. The van der Waals surface area contributed by atoms with Crippen LogP contribution in [0.4, 0.5) is 4.79 Å². The van der Waals surface area contributed by atoms with E-state index in [1.54, 1.807) is 36.4 Å². The van der Waals surface area contributed by atoms with Crippen LogP contribution in [0.2, 0.25) is 5.02 Å². The second-order valence-electron chi connectivity index (χ2n) is 7.25. The van der Waals surface area contributed by atoms with Crippen LogP contribution in [0.3, 0.4) is 0 Å². The Balaban J connectivity index is 1.58. The summed E-state index contributed by atoms with van der Waals surface area (Å²) in [5, 5.41) is 5.86. The lowest BCUT2D eigenvalue weighted by atomic mass is 10.0. The number of carbonyl (C=O) groups excluding carboxylic acids is 2. The second kappa shape index (κ2) is 10.8. The highest BCUT2D eigenvalue weighted by Gasteiger charge is 2.26. The molecule has 3 amide bonds. The molecule has 0 saturated carbocycles. The Morgan fingerprint density at radius 3 is 2.28 bits per heavy atom. The first-order valence-corrected chi connectivity index (χ1v) is 11.8. The first-order chi connectivity index (χ1) is 15.3. The molecule has 11 heteroatoms. The molecule has 2 aromatic carbocycles. The number of morpholine rings is 1. The van der Waals surface area contributed by atoms with Crippen molar-refractivity contribution in [1.29, 1.82) is 0 Å². The Labute approximate surface area is 191 Å². The van der Waals surface area contributed by atoms with Crippen LogP contribution in [-0.2, 0) is 26.1 Å². The second-order valence-corrected chi connectivity index (χ2v) is 9.63. The number of nitrogens with one attached hydrogen (secondary N) is 2. The molecule has 1 unspecified atom stereocenters. The van der Waals surface area contributed by atoms with E-state index >= 15 is 0 Å². The van der Waals surface area contributed by atoms with Gasteiger partial charge in [-0.25, -0.2) is 13.2 Å². The number of hydrogen-bond acceptors (Lipinski definition) is 5. The van der Waals surface area contributed by atoms with Gasteiger partial charge in [0.05, 0.1) is 30.6 Å². The molecule has 32 heavy (non-hydrogen) atoms. The third-order valence-electron chi connectivity index (χ3n) is 5.00. The monoisotopic (exact) mass is 480 g/mol. The van der Waals surface area contributed by atoms with Crippen molar-refractivity contribution in [1.82, 2.24) is 14.9 Å². The molecule has 1 heterocycles. The predicted octanol–water partition coefficient (Wildman–Crippen LogP) is 1.78. The Bertz CT molecular complexity index is 1040. The third kappa shape index (κ3) is 6.42. The zero-order valence-electron chi connectivity index (χ0n) is 17.3. The number of halogens is 1. The van der Waals surface area contributed by atoms with Gasteiger partial charge in [-0.15, -0.1) is 0 Å². The molecule has 9 nitrogen and oxygen atoms in total. The van der Waals surface area contributed by atoms with E-state index in [-0.39, 0.29) is 23.8 Å². The van der Waals surface area contributed by atoms with Crippen molar-refractivity contribution in [2.45, 2.75) is 23.9 Å². The molecule has 1 saturated heterocycles. The maximum atomic E-state index is 12.7. The molecule has 0 aromatic heterocycles. The van der Waals surface area contributed by atoms with Crippen LogP contribution in [0.15, 0.2) is 53.4 Å². The summed E-state index contributed by atoms with van der Waals surface area (Å²) in [6.07, 6.45) is -0.0198. The number of sulfonamides is 1. The van der Waals surface area contributed by atoms with E-state index in [0.717, 1.165) is 5.56 Å². The van der Waals surface area contributed by atoms with Gasteiger partial charge in [-0.1, -0.05) is 35.9 Å². The standard InChI is InChI=1S/C21H25ClN4O5S/c22-17-5-3-16(4-6-17)19(25-21(23)28)13-20(27)24-14-15-1-7-18(8-2-15)32(29,30)26-9-11-31-12-10-26/h1-8,19H,9-14H2,(H,24,27)(H3,23,25,28). The van der Waals surface area contributed by atoms with Gasteiger partial charge in [0.2, 0.25) is 15.9 Å². The van der Waals surface area contributed by atoms with Crippen molar-refractivity contribution in [2.24, 2.45) is 5.73 Å². The van der Waals surface area contributed by atoms with Crippen LogP contribution < -0.4 is 16.4 Å². The fourth-order valence-corrected chi connectivity index (χ4v) is 4.83. The summed E-state index contributed by atoms with van der Waals surface area (Å²) in [5.74, 6) is -0.302. The van der Waals surface area contributed by atoms with Crippen LogP contribution in [-0.4, -0.2) is 51.0 Å². The first kappa shape index (κ1) is 24.0. The number of hydrogen-bond donors (Lipinski definition) is 3. The zero-order chi connectivity index (χ0) is 23.1. The first-order valence-electron chi connectivity index (χ1n) is 10.0.